The summed E-state index contributed by atoms with van der Waals surface area (Å²) in [5, 5.41) is 7.32. The van der Waals surface area contributed by atoms with Gasteiger partial charge >= 0.3 is 6.18 Å². The largest absolute Gasteiger partial charge is 0.416 e. The minimum Gasteiger partial charge on any atom is -0.366 e. The number of hydrogen-bond donors (Lipinski definition) is 1. The summed E-state index contributed by atoms with van der Waals surface area (Å²) in [6.07, 6.45) is -1.25. The third-order valence-corrected chi connectivity index (χ3v) is 4.33. The number of halogens is 3. The van der Waals surface area contributed by atoms with Gasteiger partial charge in [-0.1, -0.05) is 42.5 Å². The SMILES string of the molecule is O=C(c1ccccc1)c1cnn2c1NCC=C2c1cccc(C(F)(F)F)c1. The van der Waals surface area contributed by atoms with Crippen LogP contribution in [-0.2, 0) is 6.18 Å². The van der Waals surface area contributed by atoms with E-state index >= 15 is 0 Å². The molecule has 2 heterocycles. The predicted octanol–water partition coefficient (Wildman–Crippen LogP) is 4.45. The average Bonchev–Trinajstić information content (AvgIpc) is 3.12. The van der Waals surface area contributed by atoms with Crippen LogP contribution in [0.4, 0.5) is 19.0 Å². The van der Waals surface area contributed by atoms with E-state index in [4.69, 9.17) is 0 Å². The highest BCUT2D eigenvalue weighted by molar-refractivity contribution is 6.12. The van der Waals surface area contributed by atoms with Gasteiger partial charge in [0.1, 0.15) is 5.82 Å². The third kappa shape index (κ3) is 3.12. The lowest BCUT2D eigenvalue weighted by Gasteiger charge is -2.19. The first-order valence-electron chi connectivity index (χ1n) is 8.25. The van der Waals surface area contributed by atoms with E-state index in [-0.39, 0.29) is 5.78 Å². The van der Waals surface area contributed by atoms with Gasteiger partial charge in [0, 0.05) is 17.7 Å². The lowest BCUT2D eigenvalue weighted by atomic mass is 10.0. The molecule has 4 rings (SSSR count). The molecule has 0 spiro atoms. The molecular formula is C20H14F3N3O. The van der Waals surface area contributed by atoms with E-state index in [1.54, 1.807) is 36.4 Å². The van der Waals surface area contributed by atoms with Gasteiger partial charge in [-0.15, -0.1) is 0 Å². The highest BCUT2D eigenvalue weighted by Crippen LogP contribution is 2.33. The van der Waals surface area contributed by atoms with Crippen molar-refractivity contribution in [2.24, 2.45) is 0 Å². The lowest BCUT2D eigenvalue weighted by molar-refractivity contribution is -0.137. The van der Waals surface area contributed by atoms with E-state index in [0.29, 0.717) is 34.8 Å². The molecule has 0 fully saturated rings. The zero-order valence-electron chi connectivity index (χ0n) is 14.0. The van der Waals surface area contributed by atoms with Crippen LogP contribution >= 0.6 is 0 Å². The molecular weight excluding hydrogens is 355 g/mol. The first-order chi connectivity index (χ1) is 12.9. The van der Waals surface area contributed by atoms with Gasteiger partial charge in [-0.2, -0.15) is 18.3 Å². The monoisotopic (exact) mass is 369 g/mol. The molecule has 0 aliphatic carbocycles. The number of fused-ring (bicyclic) bond motifs is 1. The third-order valence-electron chi connectivity index (χ3n) is 4.33. The Morgan fingerprint density at radius 1 is 1.07 bits per heavy atom. The lowest BCUT2D eigenvalue weighted by Crippen LogP contribution is -2.17. The van der Waals surface area contributed by atoms with Gasteiger partial charge in [0.15, 0.2) is 5.78 Å². The summed E-state index contributed by atoms with van der Waals surface area (Å²) in [5.74, 6) is 0.272. The molecule has 2 aromatic carbocycles. The number of hydrogen-bond acceptors (Lipinski definition) is 3. The Bertz CT molecular complexity index is 1040. The van der Waals surface area contributed by atoms with Crippen LogP contribution in [-0.4, -0.2) is 22.1 Å². The molecule has 0 unspecified atom stereocenters. The molecule has 0 radical (unpaired) electrons. The van der Waals surface area contributed by atoms with Crippen molar-refractivity contribution in [3.05, 3.63) is 89.1 Å². The Labute approximate surface area is 152 Å². The Hall–Kier alpha value is -3.35. The molecule has 3 aromatic rings. The molecule has 0 amide bonds. The van der Waals surface area contributed by atoms with E-state index in [2.05, 4.69) is 10.4 Å². The maximum Gasteiger partial charge on any atom is 0.416 e. The molecule has 7 heteroatoms. The Morgan fingerprint density at radius 2 is 1.85 bits per heavy atom. The fourth-order valence-corrected chi connectivity index (χ4v) is 3.04. The van der Waals surface area contributed by atoms with Crippen molar-refractivity contribution in [1.82, 2.24) is 9.78 Å². The van der Waals surface area contributed by atoms with Crippen molar-refractivity contribution >= 4 is 17.3 Å². The van der Waals surface area contributed by atoms with Gasteiger partial charge in [0.05, 0.1) is 23.0 Å². The molecule has 0 saturated heterocycles. The van der Waals surface area contributed by atoms with Gasteiger partial charge in [-0.05, 0) is 18.2 Å². The van der Waals surface area contributed by atoms with Crippen LogP contribution in [0, 0.1) is 0 Å². The number of anilines is 1. The van der Waals surface area contributed by atoms with Crippen LogP contribution in [0.15, 0.2) is 66.9 Å². The van der Waals surface area contributed by atoms with Crippen LogP contribution in [0.3, 0.4) is 0 Å². The average molecular weight is 369 g/mol. The molecule has 1 N–H and O–H groups in total. The van der Waals surface area contributed by atoms with Gasteiger partial charge in [-0.25, -0.2) is 4.68 Å². The van der Waals surface area contributed by atoms with Gasteiger partial charge in [-0.3, -0.25) is 4.79 Å². The Kier molecular flexibility index (Phi) is 4.07. The summed E-state index contributed by atoms with van der Waals surface area (Å²) >= 11 is 0. The number of nitrogens with zero attached hydrogens (tertiary/aromatic N) is 2. The molecule has 0 atom stereocenters. The normalized spacial score (nSPS) is 13.5. The predicted molar refractivity (Wildman–Crippen MR) is 95.4 cm³/mol. The Balaban J connectivity index is 1.74. The minimum absolute atomic E-state index is 0.199. The molecule has 1 aromatic heterocycles. The maximum absolute atomic E-state index is 13.0. The highest BCUT2D eigenvalue weighted by Gasteiger charge is 2.31. The van der Waals surface area contributed by atoms with Crippen LogP contribution in [0.2, 0.25) is 0 Å². The standard InChI is InChI=1S/C20H14F3N3O/c21-20(22,23)15-8-4-7-14(11-15)17-9-10-24-19-16(12-25-26(17)19)18(27)13-5-2-1-3-6-13/h1-9,11-12,24H,10H2. The summed E-state index contributed by atoms with van der Waals surface area (Å²) in [5.41, 5.74) is 1.05. The Morgan fingerprint density at radius 3 is 2.59 bits per heavy atom. The van der Waals surface area contributed by atoms with Crippen molar-refractivity contribution in [2.45, 2.75) is 6.18 Å². The van der Waals surface area contributed by atoms with E-state index in [1.807, 2.05) is 6.07 Å². The number of nitrogens with one attached hydrogen (secondary N) is 1. The topological polar surface area (TPSA) is 46.9 Å². The number of rotatable bonds is 3. The van der Waals surface area contributed by atoms with E-state index in [9.17, 15) is 18.0 Å². The minimum atomic E-state index is -4.43. The summed E-state index contributed by atoms with van der Waals surface area (Å²) in [6, 6.07) is 13.8. The van der Waals surface area contributed by atoms with Crippen molar-refractivity contribution in [2.75, 3.05) is 11.9 Å². The summed E-state index contributed by atoms with van der Waals surface area (Å²) < 4.78 is 40.6. The number of benzene rings is 2. The number of carbonyl (C=O) groups is 1. The smallest absolute Gasteiger partial charge is 0.366 e. The molecule has 27 heavy (non-hydrogen) atoms. The number of aromatic nitrogens is 2. The second kappa shape index (κ2) is 6.42. The number of alkyl halides is 3. The highest BCUT2D eigenvalue weighted by atomic mass is 19.4. The maximum atomic E-state index is 13.0. The van der Waals surface area contributed by atoms with Crippen molar-refractivity contribution in [3.63, 3.8) is 0 Å². The van der Waals surface area contributed by atoms with E-state index in [1.165, 1.54) is 16.9 Å². The summed E-state index contributed by atoms with van der Waals surface area (Å²) in [4.78, 5) is 12.7. The molecule has 4 nitrogen and oxygen atoms in total. The van der Waals surface area contributed by atoms with Crippen molar-refractivity contribution < 1.29 is 18.0 Å². The molecule has 136 valence electrons. The van der Waals surface area contributed by atoms with Crippen LogP contribution < -0.4 is 5.32 Å². The fourth-order valence-electron chi connectivity index (χ4n) is 3.04. The van der Waals surface area contributed by atoms with Crippen LogP contribution in [0.25, 0.3) is 5.70 Å². The zero-order chi connectivity index (χ0) is 19.0. The fraction of sp³-hybridized carbons (Fsp3) is 0.100. The van der Waals surface area contributed by atoms with Gasteiger partial charge in [0.25, 0.3) is 0 Å². The number of ketones is 1. The molecule has 1 aliphatic heterocycles. The van der Waals surface area contributed by atoms with Crippen LogP contribution in [0.1, 0.15) is 27.0 Å². The van der Waals surface area contributed by atoms with Crippen LogP contribution in [0.5, 0.6) is 0 Å². The van der Waals surface area contributed by atoms with Gasteiger partial charge < -0.3 is 5.32 Å². The summed E-state index contributed by atoms with van der Waals surface area (Å²) in [7, 11) is 0. The molecule has 1 aliphatic rings. The second-order valence-electron chi connectivity index (χ2n) is 6.06. The van der Waals surface area contributed by atoms with Crippen molar-refractivity contribution in [3.8, 4) is 0 Å². The van der Waals surface area contributed by atoms with E-state index < -0.39 is 11.7 Å². The first kappa shape index (κ1) is 17.1. The molecule has 0 saturated carbocycles. The summed E-state index contributed by atoms with van der Waals surface area (Å²) in [6.45, 7) is 0.381. The second-order valence-corrected chi connectivity index (χ2v) is 6.06. The quantitative estimate of drug-likeness (QED) is 0.694. The van der Waals surface area contributed by atoms with Gasteiger partial charge in [0.2, 0.25) is 0 Å². The molecule has 0 bridgehead atoms. The van der Waals surface area contributed by atoms with E-state index in [0.717, 1.165) is 12.1 Å². The zero-order valence-corrected chi connectivity index (χ0v) is 14.0. The number of carbonyl (C=O) groups excluding carboxylic acids is 1. The van der Waals surface area contributed by atoms with Crippen molar-refractivity contribution in [1.29, 1.82) is 0 Å². The first-order valence-corrected chi connectivity index (χ1v) is 8.25.